The highest BCUT2D eigenvalue weighted by molar-refractivity contribution is 6.48. The van der Waals surface area contributed by atoms with Crippen molar-refractivity contribution in [1.29, 1.82) is 0 Å². The maximum Gasteiger partial charge on any atom is 0.419 e. The summed E-state index contributed by atoms with van der Waals surface area (Å²) in [5.41, 5.74) is -1.51. The Morgan fingerprint density at radius 2 is 1.52 bits per heavy atom. The molecule has 124 valence electrons. The zero-order valence-electron chi connectivity index (χ0n) is 10.9. The van der Waals surface area contributed by atoms with Gasteiger partial charge in [0.15, 0.2) is 0 Å². The molecule has 0 saturated heterocycles. The van der Waals surface area contributed by atoms with Gasteiger partial charge in [-0.15, -0.1) is 0 Å². The van der Waals surface area contributed by atoms with Gasteiger partial charge in [0.05, 0.1) is 20.6 Å². The molecule has 0 aliphatic rings. The smallest absolute Gasteiger partial charge is 0.419 e. The van der Waals surface area contributed by atoms with E-state index < -0.39 is 24.1 Å². The van der Waals surface area contributed by atoms with Crippen molar-refractivity contribution in [3.63, 3.8) is 0 Å². The Bertz CT molecular complexity index is 708. The first-order valence-corrected chi connectivity index (χ1v) is 7.04. The maximum absolute atomic E-state index is 13.0. The van der Waals surface area contributed by atoms with Crippen molar-refractivity contribution in [1.82, 2.24) is 0 Å². The summed E-state index contributed by atoms with van der Waals surface area (Å²) in [4.78, 5) is 0. The molecule has 0 saturated carbocycles. The normalized spacial score (nSPS) is 11.9. The molecule has 9 heteroatoms. The van der Waals surface area contributed by atoms with E-state index in [2.05, 4.69) is 4.74 Å². The minimum atomic E-state index is -4.87. The topological polar surface area (TPSA) is 9.23 Å². The number of hydrogen-bond donors (Lipinski definition) is 0. The van der Waals surface area contributed by atoms with E-state index in [1.165, 1.54) is 18.2 Å². The molecule has 0 fully saturated rings. The average Bonchev–Trinajstić information content (AvgIpc) is 2.42. The Labute approximate surface area is 142 Å². The molecule has 0 radical (unpaired) electrons. The quantitative estimate of drug-likeness (QED) is 0.407. The summed E-state index contributed by atoms with van der Waals surface area (Å²) < 4.78 is 68.2. The zero-order valence-corrected chi connectivity index (χ0v) is 13.2. The summed E-state index contributed by atoms with van der Waals surface area (Å²) in [5.74, 6) is -1.01. The van der Waals surface area contributed by atoms with Crippen LogP contribution in [0.2, 0.25) is 15.1 Å². The summed E-state index contributed by atoms with van der Waals surface area (Å²) in [6.07, 6.45) is -4.87. The second-order valence-corrected chi connectivity index (χ2v) is 5.50. The van der Waals surface area contributed by atoms with E-state index >= 15 is 0 Å². The lowest BCUT2D eigenvalue weighted by molar-refractivity contribution is -0.141. The number of ether oxygens (including phenoxy) is 1. The van der Waals surface area contributed by atoms with Crippen LogP contribution in [0.25, 0.3) is 11.1 Å². The third-order valence-electron chi connectivity index (χ3n) is 2.82. The van der Waals surface area contributed by atoms with Crippen LogP contribution in [-0.2, 0) is 6.18 Å². The van der Waals surface area contributed by atoms with Gasteiger partial charge in [0.2, 0.25) is 0 Å². The van der Waals surface area contributed by atoms with Gasteiger partial charge in [-0.1, -0.05) is 46.9 Å². The van der Waals surface area contributed by atoms with Gasteiger partial charge in [0.1, 0.15) is 5.75 Å². The molecule has 0 atom stereocenters. The molecule has 0 N–H and O–H groups in total. The van der Waals surface area contributed by atoms with Crippen LogP contribution in [0.5, 0.6) is 5.75 Å². The molecule has 0 amide bonds. The average molecular weight is 392 g/mol. The zero-order chi connectivity index (χ0) is 17.4. The van der Waals surface area contributed by atoms with E-state index in [0.717, 1.165) is 6.07 Å². The monoisotopic (exact) mass is 390 g/mol. The van der Waals surface area contributed by atoms with Gasteiger partial charge in [-0.25, -0.2) is 0 Å². The van der Waals surface area contributed by atoms with Gasteiger partial charge in [0.25, 0.3) is 0 Å². The lowest BCUT2D eigenvalue weighted by Crippen LogP contribution is -2.12. The van der Waals surface area contributed by atoms with Gasteiger partial charge >= 0.3 is 12.8 Å². The minimum Gasteiger partial charge on any atom is -0.434 e. The molecule has 1 nitrogen and oxygen atoms in total. The van der Waals surface area contributed by atoms with E-state index in [4.69, 9.17) is 34.8 Å². The van der Waals surface area contributed by atoms with Crippen molar-refractivity contribution in [3.8, 4) is 16.9 Å². The first-order chi connectivity index (χ1) is 10.6. The van der Waals surface area contributed by atoms with E-state index in [1.54, 1.807) is 0 Å². The summed E-state index contributed by atoms with van der Waals surface area (Å²) in [6.45, 7) is -3.43. The predicted octanol–water partition coefficient (Wildman–Crippen LogP) is 6.93. The van der Waals surface area contributed by atoms with Gasteiger partial charge in [0, 0.05) is 5.56 Å². The first kappa shape index (κ1) is 18.1. The van der Waals surface area contributed by atoms with Crippen molar-refractivity contribution >= 4 is 34.8 Å². The van der Waals surface area contributed by atoms with E-state index in [-0.39, 0.29) is 26.2 Å². The number of hydrogen-bond acceptors (Lipinski definition) is 1. The molecule has 23 heavy (non-hydrogen) atoms. The molecule has 0 aliphatic heterocycles. The van der Waals surface area contributed by atoms with Crippen LogP contribution in [0.15, 0.2) is 30.3 Å². The Morgan fingerprint density at radius 1 is 0.957 bits per heavy atom. The van der Waals surface area contributed by atoms with E-state index in [9.17, 15) is 22.0 Å². The maximum atomic E-state index is 13.0. The predicted molar refractivity (Wildman–Crippen MR) is 78.5 cm³/mol. The Balaban J connectivity index is 2.72. The molecule has 2 aromatic carbocycles. The summed E-state index contributed by atoms with van der Waals surface area (Å²) >= 11 is 17.4. The Morgan fingerprint density at radius 3 is 2.00 bits per heavy atom. The molecule has 0 heterocycles. The largest absolute Gasteiger partial charge is 0.434 e. The SMILES string of the molecule is FC(F)Oc1c(-c2cc(Cl)c(Cl)c(Cl)c2)cccc1C(F)(F)F. The van der Waals surface area contributed by atoms with Crippen LogP contribution in [-0.4, -0.2) is 6.61 Å². The van der Waals surface area contributed by atoms with E-state index in [0.29, 0.717) is 6.07 Å². The number of para-hydroxylation sites is 1. The van der Waals surface area contributed by atoms with Gasteiger partial charge in [-0.05, 0) is 23.8 Å². The lowest BCUT2D eigenvalue weighted by Gasteiger charge is -2.17. The second-order valence-electron chi connectivity index (χ2n) is 4.31. The third-order valence-corrected chi connectivity index (χ3v) is 4.02. The molecule has 0 unspecified atom stereocenters. The van der Waals surface area contributed by atoms with Crippen molar-refractivity contribution in [2.45, 2.75) is 12.8 Å². The lowest BCUT2D eigenvalue weighted by atomic mass is 10.0. The van der Waals surface area contributed by atoms with Gasteiger partial charge in [-0.2, -0.15) is 22.0 Å². The van der Waals surface area contributed by atoms with Gasteiger partial charge < -0.3 is 4.74 Å². The molecule has 0 aliphatic carbocycles. The fourth-order valence-corrected chi connectivity index (χ4v) is 2.51. The highest BCUT2D eigenvalue weighted by atomic mass is 35.5. The van der Waals surface area contributed by atoms with Crippen molar-refractivity contribution in [3.05, 3.63) is 51.0 Å². The van der Waals surface area contributed by atoms with Crippen LogP contribution >= 0.6 is 34.8 Å². The molecule has 2 rings (SSSR count). The van der Waals surface area contributed by atoms with E-state index in [1.807, 2.05) is 0 Å². The minimum absolute atomic E-state index is 0.000359. The van der Waals surface area contributed by atoms with Gasteiger partial charge in [-0.3, -0.25) is 0 Å². The molecular weight excluding hydrogens is 386 g/mol. The van der Waals surface area contributed by atoms with Crippen molar-refractivity contribution < 1.29 is 26.7 Å². The van der Waals surface area contributed by atoms with Crippen LogP contribution in [0.1, 0.15) is 5.56 Å². The number of benzene rings is 2. The molecule has 2 aromatic rings. The summed E-state index contributed by atoms with van der Waals surface area (Å²) in [5, 5.41) is -0.0652. The Hall–Kier alpha value is -1.24. The van der Waals surface area contributed by atoms with Crippen LogP contribution in [0, 0.1) is 0 Å². The van der Waals surface area contributed by atoms with Crippen LogP contribution in [0.4, 0.5) is 22.0 Å². The van der Waals surface area contributed by atoms with Crippen molar-refractivity contribution in [2.24, 2.45) is 0 Å². The third kappa shape index (κ3) is 4.00. The standard InChI is InChI=1S/C14H6Cl3F5O/c15-9-4-6(5-10(16)11(9)17)7-2-1-3-8(14(20,21)22)12(7)23-13(18)19/h1-5,13H. The second kappa shape index (κ2) is 6.71. The van der Waals surface area contributed by atoms with Crippen LogP contribution in [0.3, 0.4) is 0 Å². The summed E-state index contributed by atoms with van der Waals surface area (Å²) in [7, 11) is 0. The summed E-state index contributed by atoms with van der Waals surface area (Å²) in [6, 6.07) is 5.31. The van der Waals surface area contributed by atoms with Crippen LogP contribution < -0.4 is 4.74 Å². The number of alkyl halides is 5. The molecule has 0 spiro atoms. The Kier molecular flexibility index (Phi) is 5.28. The van der Waals surface area contributed by atoms with Crippen molar-refractivity contribution in [2.75, 3.05) is 0 Å². The molecule has 0 aromatic heterocycles. The molecular formula is C14H6Cl3F5O. The fraction of sp³-hybridized carbons (Fsp3) is 0.143. The number of halogens is 8. The highest BCUT2D eigenvalue weighted by Gasteiger charge is 2.36. The fourth-order valence-electron chi connectivity index (χ4n) is 1.91. The number of rotatable bonds is 3. The first-order valence-electron chi connectivity index (χ1n) is 5.91. The molecule has 0 bridgehead atoms. The highest BCUT2D eigenvalue weighted by Crippen LogP contribution is 2.44.